The molecule has 1 heterocycles. The second kappa shape index (κ2) is 5.59. The second-order valence-corrected chi connectivity index (χ2v) is 9.04. The van der Waals surface area contributed by atoms with Gasteiger partial charge in [-0.25, -0.2) is 0 Å². The average Bonchev–Trinajstić information content (AvgIpc) is 2.89. The van der Waals surface area contributed by atoms with Crippen molar-refractivity contribution in [3.63, 3.8) is 0 Å². The van der Waals surface area contributed by atoms with Gasteiger partial charge in [0.25, 0.3) is 0 Å². The van der Waals surface area contributed by atoms with Crippen molar-refractivity contribution in [2.75, 3.05) is 13.1 Å². The van der Waals surface area contributed by atoms with E-state index in [4.69, 9.17) is 0 Å². The van der Waals surface area contributed by atoms with E-state index in [1.807, 2.05) is 6.92 Å². The summed E-state index contributed by atoms with van der Waals surface area (Å²) in [4.78, 5) is 14.5. The third-order valence-corrected chi connectivity index (χ3v) is 6.66. The minimum Gasteiger partial charge on any atom is -0.390 e. The number of aliphatic hydroxyl groups is 1. The van der Waals surface area contributed by atoms with Crippen LogP contribution < -0.4 is 0 Å². The molecule has 3 heteroatoms. The normalized spacial score (nSPS) is 34.0. The van der Waals surface area contributed by atoms with Crippen LogP contribution >= 0.6 is 0 Å². The molecule has 1 atom stereocenters. The SMILES string of the molecule is Cc1ccccc1CC1CCC2(C1)CN(C(=O)[C@H]1C[C@@](C)(O)C1)C2. The van der Waals surface area contributed by atoms with E-state index >= 15 is 0 Å². The fourth-order valence-corrected chi connectivity index (χ4v) is 5.29. The van der Waals surface area contributed by atoms with Gasteiger partial charge in [0.15, 0.2) is 0 Å². The topological polar surface area (TPSA) is 40.5 Å². The summed E-state index contributed by atoms with van der Waals surface area (Å²) in [6.45, 7) is 5.95. The zero-order chi connectivity index (χ0) is 16.9. The largest absolute Gasteiger partial charge is 0.390 e. The molecule has 1 unspecified atom stereocenters. The average molecular weight is 327 g/mol. The van der Waals surface area contributed by atoms with Crippen LogP contribution in [0.25, 0.3) is 0 Å². The lowest BCUT2D eigenvalue weighted by atomic mass is 9.69. The molecule has 2 saturated carbocycles. The quantitative estimate of drug-likeness (QED) is 0.925. The molecular formula is C21H29NO2. The highest BCUT2D eigenvalue weighted by molar-refractivity contribution is 5.81. The number of likely N-dealkylation sites (tertiary alicyclic amines) is 1. The van der Waals surface area contributed by atoms with Crippen LogP contribution in [0.4, 0.5) is 0 Å². The van der Waals surface area contributed by atoms with Crippen molar-refractivity contribution in [3.8, 4) is 0 Å². The summed E-state index contributed by atoms with van der Waals surface area (Å²) in [5.41, 5.74) is 2.69. The van der Waals surface area contributed by atoms with Gasteiger partial charge in [0.1, 0.15) is 0 Å². The predicted molar refractivity (Wildman–Crippen MR) is 94.6 cm³/mol. The van der Waals surface area contributed by atoms with E-state index in [0.29, 0.717) is 18.3 Å². The Balaban J connectivity index is 1.29. The Kier molecular flexibility index (Phi) is 3.76. The summed E-state index contributed by atoms with van der Waals surface area (Å²) in [5, 5.41) is 9.84. The lowest BCUT2D eigenvalue weighted by Crippen LogP contribution is -2.61. The number of carbonyl (C=O) groups excluding carboxylic acids is 1. The zero-order valence-corrected chi connectivity index (χ0v) is 14.9. The molecule has 3 nitrogen and oxygen atoms in total. The number of nitrogens with zero attached hydrogens (tertiary/aromatic N) is 1. The molecule has 0 aromatic heterocycles. The maximum Gasteiger partial charge on any atom is 0.225 e. The number of benzene rings is 1. The third kappa shape index (κ3) is 2.88. The van der Waals surface area contributed by atoms with Gasteiger partial charge in [0, 0.05) is 24.4 Å². The molecule has 0 bridgehead atoms. The molecule has 3 aliphatic rings. The van der Waals surface area contributed by atoms with Crippen molar-refractivity contribution >= 4 is 5.91 Å². The monoisotopic (exact) mass is 327 g/mol. The molecule has 24 heavy (non-hydrogen) atoms. The summed E-state index contributed by atoms with van der Waals surface area (Å²) in [6.07, 6.45) is 6.32. The third-order valence-electron chi connectivity index (χ3n) is 6.66. The van der Waals surface area contributed by atoms with Gasteiger partial charge in [-0.05, 0) is 69.4 Å². The van der Waals surface area contributed by atoms with Gasteiger partial charge < -0.3 is 10.0 Å². The van der Waals surface area contributed by atoms with E-state index in [9.17, 15) is 9.90 Å². The van der Waals surface area contributed by atoms with Crippen molar-refractivity contribution in [1.82, 2.24) is 4.90 Å². The van der Waals surface area contributed by atoms with E-state index in [2.05, 4.69) is 36.1 Å². The fourth-order valence-electron chi connectivity index (χ4n) is 5.29. The van der Waals surface area contributed by atoms with Crippen LogP contribution in [0.15, 0.2) is 24.3 Å². The number of amides is 1. The Morgan fingerprint density at radius 2 is 1.96 bits per heavy atom. The highest BCUT2D eigenvalue weighted by Crippen LogP contribution is 2.50. The maximum absolute atomic E-state index is 12.5. The fraction of sp³-hybridized carbons (Fsp3) is 0.667. The van der Waals surface area contributed by atoms with Crippen LogP contribution in [0.2, 0.25) is 0 Å². The molecule has 1 saturated heterocycles. The Morgan fingerprint density at radius 1 is 1.25 bits per heavy atom. The van der Waals surface area contributed by atoms with Crippen molar-refractivity contribution in [2.24, 2.45) is 17.3 Å². The molecule has 4 rings (SSSR count). The summed E-state index contributed by atoms with van der Waals surface area (Å²) in [7, 11) is 0. The number of hydrogen-bond donors (Lipinski definition) is 1. The van der Waals surface area contributed by atoms with Gasteiger partial charge in [-0.15, -0.1) is 0 Å². The second-order valence-electron chi connectivity index (χ2n) is 9.04. The van der Waals surface area contributed by atoms with Crippen LogP contribution in [-0.4, -0.2) is 34.6 Å². The van der Waals surface area contributed by atoms with E-state index < -0.39 is 5.60 Å². The van der Waals surface area contributed by atoms with Crippen molar-refractivity contribution in [2.45, 2.75) is 58.0 Å². The van der Waals surface area contributed by atoms with Gasteiger partial charge >= 0.3 is 0 Å². The lowest BCUT2D eigenvalue weighted by molar-refractivity contribution is -0.161. The Labute approximate surface area is 145 Å². The van der Waals surface area contributed by atoms with Gasteiger partial charge in [-0.3, -0.25) is 4.79 Å². The smallest absolute Gasteiger partial charge is 0.225 e. The van der Waals surface area contributed by atoms with Gasteiger partial charge in [0.05, 0.1) is 5.60 Å². The lowest BCUT2D eigenvalue weighted by Gasteiger charge is -2.52. The van der Waals surface area contributed by atoms with E-state index in [1.165, 1.54) is 36.8 Å². The molecule has 3 fully saturated rings. The first-order valence-electron chi connectivity index (χ1n) is 9.42. The first-order valence-corrected chi connectivity index (χ1v) is 9.42. The molecular weight excluding hydrogens is 298 g/mol. The molecule has 1 spiro atoms. The van der Waals surface area contributed by atoms with Crippen molar-refractivity contribution < 1.29 is 9.90 Å². The summed E-state index contributed by atoms with van der Waals surface area (Å²) >= 11 is 0. The maximum atomic E-state index is 12.5. The molecule has 1 aliphatic heterocycles. The molecule has 1 amide bonds. The molecule has 2 aliphatic carbocycles. The molecule has 1 aromatic rings. The van der Waals surface area contributed by atoms with Crippen LogP contribution in [0.5, 0.6) is 0 Å². The zero-order valence-electron chi connectivity index (χ0n) is 14.9. The number of hydrogen-bond acceptors (Lipinski definition) is 2. The van der Waals surface area contributed by atoms with Gasteiger partial charge in [-0.1, -0.05) is 24.3 Å². The molecule has 1 aromatic carbocycles. The summed E-state index contributed by atoms with van der Waals surface area (Å²) < 4.78 is 0. The Morgan fingerprint density at radius 3 is 2.62 bits per heavy atom. The summed E-state index contributed by atoms with van der Waals surface area (Å²) in [5.74, 6) is 1.13. The minimum absolute atomic E-state index is 0.0709. The van der Waals surface area contributed by atoms with Crippen LogP contribution in [-0.2, 0) is 11.2 Å². The Bertz CT molecular complexity index is 637. The first kappa shape index (κ1) is 16.1. The van der Waals surface area contributed by atoms with Crippen LogP contribution in [0.3, 0.4) is 0 Å². The number of rotatable bonds is 3. The standard InChI is InChI=1S/C21H29NO2/c1-15-5-3-4-6-17(15)9-16-7-8-21(10-16)13-22(14-21)19(23)18-11-20(2,24)12-18/h3-6,16,18,24H,7-14H2,1-2H3/t16?,18-,20+. The number of aryl methyl sites for hydroxylation is 1. The molecule has 1 N–H and O–H groups in total. The minimum atomic E-state index is -0.602. The van der Waals surface area contributed by atoms with Crippen LogP contribution in [0, 0.1) is 24.2 Å². The molecule has 0 radical (unpaired) electrons. The van der Waals surface area contributed by atoms with Crippen molar-refractivity contribution in [3.05, 3.63) is 35.4 Å². The van der Waals surface area contributed by atoms with Crippen molar-refractivity contribution in [1.29, 1.82) is 0 Å². The highest BCUT2D eigenvalue weighted by Gasteiger charge is 2.52. The van der Waals surface area contributed by atoms with E-state index in [-0.39, 0.29) is 11.8 Å². The highest BCUT2D eigenvalue weighted by atomic mass is 16.3. The molecule has 130 valence electrons. The predicted octanol–water partition coefficient (Wildman–Crippen LogP) is 3.33. The first-order chi connectivity index (χ1) is 11.4. The van der Waals surface area contributed by atoms with Gasteiger partial charge in [-0.2, -0.15) is 0 Å². The Hall–Kier alpha value is -1.35. The van der Waals surface area contributed by atoms with Crippen LogP contribution in [0.1, 0.15) is 50.2 Å². The van der Waals surface area contributed by atoms with Gasteiger partial charge in [0.2, 0.25) is 5.91 Å². The summed E-state index contributed by atoms with van der Waals surface area (Å²) in [6, 6.07) is 8.73. The van der Waals surface area contributed by atoms with E-state index in [1.54, 1.807) is 0 Å². The number of carbonyl (C=O) groups is 1. The van der Waals surface area contributed by atoms with E-state index in [0.717, 1.165) is 19.0 Å².